The van der Waals surface area contributed by atoms with Crippen molar-refractivity contribution in [2.45, 2.75) is 77.5 Å². The predicted molar refractivity (Wildman–Crippen MR) is 150 cm³/mol. The molecule has 5 heterocycles. The quantitative estimate of drug-likeness (QED) is 0.364. The fourth-order valence-electron chi connectivity index (χ4n) is 6.73. The highest BCUT2D eigenvalue weighted by molar-refractivity contribution is 6.30. The smallest absolute Gasteiger partial charge is 0.374 e. The van der Waals surface area contributed by atoms with Gasteiger partial charge in [-0.2, -0.15) is 4.98 Å². The van der Waals surface area contributed by atoms with Crippen LogP contribution in [0.3, 0.4) is 0 Å². The minimum absolute atomic E-state index is 0.153. The van der Waals surface area contributed by atoms with Gasteiger partial charge in [-0.15, -0.1) is 0 Å². The van der Waals surface area contributed by atoms with Crippen LogP contribution in [-0.2, 0) is 11.3 Å². The van der Waals surface area contributed by atoms with E-state index in [0.29, 0.717) is 28.9 Å². The third-order valence-electron chi connectivity index (χ3n) is 8.86. The lowest BCUT2D eigenvalue weighted by atomic mass is 9.83. The van der Waals surface area contributed by atoms with Crippen LogP contribution in [0.2, 0.25) is 5.02 Å². The third kappa shape index (κ3) is 4.58. The number of hydrogen-bond donors (Lipinski definition) is 1. The second-order valence-corrected chi connectivity index (χ2v) is 12.0. The summed E-state index contributed by atoms with van der Waals surface area (Å²) < 4.78 is 13.3. The Morgan fingerprint density at radius 1 is 1.12 bits per heavy atom. The van der Waals surface area contributed by atoms with E-state index in [1.165, 1.54) is 25.7 Å². The number of H-pyrrole nitrogens is 1. The fraction of sp³-hybridized carbons (Fsp3) is 0.571. The number of hydrogen-bond acceptors (Lipinski definition) is 9. The Morgan fingerprint density at radius 3 is 2.77 bits per heavy atom. The Morgan fingerprint density at radius 2 is 1.98 bits per heavy atom. The third-order valence-corrected chi connectivity index (χ3v) is 9.07. The van der Waals surface area contributed by atoms with E-state index in [4.69, 9.17) is 35.8 Å². The first-order valence-corrected chi connectivity index (χ1v) is 14.7. The molecule has 40 heavy (non-hydrogen) atoms. The number of imidazole rings is 1. The van der Waals surface area contributed by atoms with Gasteiger partial charge in [0.25, 0.3) is 0 Å². The zero-order valence-corrected chi connectivity index (χ0v) is 23.5. The molecule has 11 nitrogen and oxygen atoms in total. The van der Waals surface area contributed by atoms with E-state index in [1.807, 2.05) is 13.0 Å². The van der Waals surface area contributed by atoms with E-state index in [0.717, 1.165) is 61.0 Å². The normalized spacial score (nSPS) is 25.0. The molecule has 7 rings (SSSR count). The van der Waals surface area contributed by atoms with Gasteiger partial charge in [0.1, 0.15) is 11.2 Å². The Balaban J connectivity index is 1.46. The lowest BCUT2D eigenvalue weighted by Gasteiger charge is -2.39. The van der Waals surface area contributed by atoms with Gasteiger partial charge in [0.15, 0.2) is 5.65 Å². The average Bonchev–Trinajstić information content (AvgIpc) is 3.69. The molecule has 210 valence electrons. The van der Waals surface area contributed by atoms with Crippen LogP contribution in [0.1, 0.15) is 57.6 Å². The molecule has 1 aliphatic heterocycles. The molecule has 0 unspecified atom stereocenters. The minimum atomic E-state index is -0.667. The molecular weight excluding hydrogens is 532 g/mol. The summed E-state index contributed by atoms with van der Waals surface area (Å²) in [7, 11) is 0. The summed E-state index contributed by atoms with van der Waals surface area (Å²) in [5, 5.41) is 4.37. The van der Waals surface area contributed by atoms with Gasteiger partial charge in [0.05, 0.1) is 23.8 Å². The van der Waals surface area contributed by atoms with Crippen molar-refractivity contribution >= 4 is 28.7 Å². The number of pyridine rings is 1. The molecular formula is C28H33ClN8O3. The summed E-state index contributed by atoms with van der Waals surface area (Å²) >= 11 is 6.45. The SMILES string of the molecule is Cc1ncc(Cl)cc1-c1nc(-c2noc(=O)[nH]2)nc2nc(N3CCO[C@@H]4CCC[C@H]43)n(CC3CCC(C)CC3)c12. The summed E-state index contributed by atoms with van der Waals surface area (Å²) in [5.74, 6) is 1.92. The number of halogens is 1. The Bertz CT molecular complexity index is 1600. The van der Waals surface area contributed by atoms with Gasteiger partial charge >= 0.3 is 5.76 Å². The number of ether oxygens (including phenoxy) is 1. The molecule has 0 radical (unpaired) electrons. The van der Waals surface area contributed by atoms with Crippen LogP contribution in [0.4, 0.5) is 5.95 Å². The lowest BCUT2D eigenvalue weighted by molar-refractivity contribution is 0.0247. The van der Waals surface area contributed by atoms with Gasteiger partial charge in [0.2, 0.25) is 17.6 Å². The molecule has 0 spiro atoms. The van der Waals surface area contributed by atoms with E-state index in [-0.39, 0.29) is 23.8 Å². The molecule has 1 N–H and O–H groups in total. The zero-order chi connectivity index (χ0) is 27.4. The molecule has 12 heteroatoms. The lowest BCUT2D eigenvalue weighted by Crippen LogP contribution is -2.49. The van der Waals surface area contributed by atoms with Crippen LogP contribution < -0.4 is 10.7 Å². The first kappa shape index (κ1) is 25.6. The zero-order valence-electron chi connectivity index (χ0n) is 22.8. The van der Waals surface area contributed by atoms with E-state index in [2.05, 4.69) is 31.5 Å². The van der Waals surface area contributed by atoms with Gasteiger partial charge in [-0.1, -0.05) is 36.5 Å². The minimum Gasteiger partial charge on any atom is -0.374 e. The van der Waals surface area contributed by atoms with E-state index in [1.54, 1.807) is 6.20 Å². The second-order valence-electron chi connectivity index (χ2n) is 11.5. The van der Waals surface area contributed by atoms with E-state index >= 15 is 0 Å². The molecule has 2 aliphatic carbocycles. The maximum Gasteiger partial charge on any atom is 0.439 e. The van der Waals surface area contributed by atoms with Gasteiger partial charge in [-0.25, -0.2) is 14.8 Å². The topological polar surface area (TPSA) is 128 Å². The number of fused-ring (bicyclic) bond motifs is 2. The monoisotopic (exact) mass is 564 g/mol. The van der Waals surface area contributed by atoms with Crippen molar-refractivity contribution in [3.05, 3.63) is 33.5 Å². The Labute approximate surface area is 236 Å². The number of nitrogens with one attached hydrogen (secondary N) is 1. The molecule has 3 fully saturated rings. The van der Waals surface area contributed by atoms with Gasteiger partial charge < -0.3 is 14.2 Å². The number of nitrogens with zero attached hydrogens (tertiary/aromatic N) is 7. The van der Waals surface area contributed by atoms with Gasteiger partial charge in [0, 0.05) is 30.5 Å². The first-order valence-electron chi connectivity index (χ1n) is 14.3. The highest BCUT2D eigenvalue weighted by Gasteiger charge is 2.39. The molecule has 0 aromatic carbocycles. The van der Waals surface area contributed by atoms with Crippen molar-refractivity contribution in [1.82, 2.24) is 34.6 Å². The highest BCUT2D eigenvalue weighted by atomic mass is 35.5. The summed E-state index contributed by atoms with van der Waals surface area (Å²) in [6.07, 6.45) is 9.99. The Kier molecular flexibility index (Phi) is 6.58. The first-order chi connectivity index (χ1) is 19.4. The summed E-state index contributed by atoms with van der Waals surface area (Å²) in [5.41, 5.74) is 3.63. The van der Waals surface area contributed by atoms with Crippen LogP contribution in [-0.4, -0.2) is 59.9 Å². The molecule has 0 amide bonds. The number of aromatic nitrogens is 7. The van der Waals surface area contributed by atoms with Gasteiger partial charge in [-0.3, -0.25) is 14.5 Å². The van der Waals surface area contributed by atoms with Crippen LogP contribution in [0.25, 0.3) is 34.1 Å². The van der Waals surface area contributed by atoms with Crippen molar-refractivity contribution in [1.29, 1.82) is 0 Å². The summed E-state index contributed by atoms with van der Waals surface area (Å²) in [6.45, 7) is 6.56. The number of anilines is 1. The number of aromatic amines is 1. The van der Waals surface area contributed by atoms with E-state index in [9.17, 15) is 4.79 Å². The number of rotatable bonds is 5. The number of morpholine rings is 1. The Hall–Kier alpha value is -3.31. The maximum absolute atomic E-state index is 11.8. The predicted octanol–water partition coefficient (Wildman–Crippen LogP) is 4.78. The molecule has 2 atom stereocenters. The summed E-state index contributed by atoms with van der Waals surface area (Å²) in [6, 6.07) is 2.16. The van der Waals surface area contributed by atoms with Crippen molar-refractivity contribution < 1.29 is 9.26 Å². The van der Waals surface area contributed by atoms with Gasteiger partial charge in [-0.05, 0) is 56.9 Å². The fourth-order valence-corrected chi connectivity index (χ4v) is 6.89. The standard InChI is InChI=1S/C28H33ClN8O3/c1-15-6-8-17(9-7-15)14-37-23-22(19-12-18(29)13-30-16(19)2)31-25(26-34-28(38)40-35-26)32-24(23)33-27(37)36-10-11-39-21-5-3-4-20(21)36/h12-13,15,17,20-21H,3-11,14H2,1-2H3,(H,34,35,38)/t15?,17?,20-,21-/m1/s1. The molecule has 1 saturated heterocycles. The van der Waals surface area contributed by atoms with Crippen molar-refractivity contribution in [2.75, 3.05) is 18.1 Å². The largest absolute Gasteiger partial charge is 0.439 e. The van der Waals surface area contributed by atoms with E-state index < -0.39 is 5.76 Å². The van der Waals surface area contributed by atoms with Crippen molar-refractivity contribution in [3.63, 3.8) is 0 Å². The maximum atomic E-state index is 11.8. The van der Waals surface area contributed by atoms with Crippen LogP contribution >= 0.6 is 11.6 Å². The number of aryl methyl sites for hydroxylation is 1. The molecule has 4 aromatic heterocycles. The summed E-state index contributed by atoms with van der Waals surface area (Å²) in [4.78, 5) is 36.3. The molecule has 2 saturated carbocycles. The molecule has 3 aliphatic rings. The van der Waals surface area contributed by atoms with Crippen molar-refractivity contribution in [3.8, 4) is 22.9 Å². The molecule has 4 aromatic rings. The molecule has 0 bridgehead atoms. The second kappa shape index (κ2) is 10.3. The van der Waals surface area contributed by atoms with Crippen LogP contribution in [0, 0.1) is 18.8 Å². The van der Waals surface area contributed by atoms with Crippen LogP contribution in [0.5, 0.6) is 0 Å². The average molecular weight is 565 g/mol. The van der Waals surface area contributed by atoms with Crippen LogP contribution in [0.15, 0.2) is 21.6 Å². The highest BCUT2D eigenvalue weighted by Crippen LogP contribution is 2.39. The van der Waals surface area contributed by atoms with Crippen molar-refractivity contribution in [2.24, 2.45) is 11.8 Å².